The van der Waals surface area contributed by atoms with Crippen LogP contribution in [0.15, 0.2) is 46.1 Å². The van der Waals surface area contributed by atoms with Gasteiger partial charge in [0.05, 0.1) is 12.3 Å². The van der Waals surface area contributed by atoms with Gasteiger partial charge in [-0.2, -0.15) is 10.2 Å². The maximum absolute atomic E-state index is 13.1. The molecule has 0 heterocycles. The van der Waals surface area contributed by atoms with Gasteiger partial charge >= 0.3 is 0 Å². The topological polar surface area (TPSA) is 45.0 Å². The fourth-order valence-electron chi connectivity index (χ4n) is 7.31. The number of nitrogens with zero attached hydrogens (tertiary/aromatic N) is 2. The molecule has 160 valence electrons. The highest BCUT2D eigenvalue weighted by Crippen LogP contribution is 2.64. The summed E-state index contributed by atoms with van der Waals surface area (Å²) in [5.74, 6) is 1.91. The van der Waals surface area contributed by atoms with Crippen molar-refractivity contribution in [3.63, 3.8) is 0 Å². The van der Waals surface area contributed by atoms with E-state index in [9.17, 15) is 9.50 Å². The number of allylic oxidation sites excluding steroid dienone is 1. The molecule has 30 heavy (non-hydrogen) atoms. The highest BCUT2D eigenvalue weighted by Gasteiger charge is 2.57. The van der Waals surface area contributed by atoms with E-state index in [0.717, 1.165) is 49.5 Å². The van der Waals surface area contributed by atoms with Crippen molar-refractivity contribution < 1.29 is 9.50 Å². The summed E-state index contributed by atoms with van der Waals surface area (Å²) >= 11 is 0. The SMILES string of the molecule is CC12CCC(O)CC1=CCC1C2CCC2(C)C(=NN=Cc3ccc(F)cc3)CCC12. The fourth-order valence-corrected chi connectivity index (χ4v) is 7.31. The standard InChI is InChI=1S/C26H33FN2O/c1-25-13-11-20(30)15-18(25)5-8-21-22-9-10-24(26(22,2)14-12-23(21)25)29-28-16-17-3-6-19(27)7-4-17/h3-7,16,20-23,30H,8-15H2,1-2H3. The second-order valence-corrected chi connectivity index (χ2v) is 10.5. The molecule has 4 aliphatic carbocycles. The summed E-state index contributed by atoms with van der Waals surface area (Å²) in [6, 6.07) is 6.38. The molecule has 6 atom stereocenters. The van der Waals surface area contributed by atoms with Gasteiger partial charge in [-0.1, -0.05) is 37.6 Å². The van der Waals surface area contributed by atoms with Crippen LogP contribution in [-0.4, -0.2) is 23.1 Å². The van der Waals surface area contributed by atoms with Crippen molar-refractivity contribution in [3.05, 3.63) is 47.3 Å². The number of hydrogen-bond acceptors (Lipinski definition) is 3. The normalized spacial score (nSPS) is 42.0. The Morgan fingerprint density at radius 2 is 1.77 bits per heavy atom. The van der Waals surface area contributed by atoms with Gasteiger partial charge in [0.25, 0.3) is 0 Å². The molecule has 0 radical (unpaired) electrons. The molecule has 3 saturated carbocycles. The summed E-state index contributed by atoms with van der Waals surface area (Å²) in [5.41, 5.74) is 4.09. The Morgan fingerprint density at radius 1 is 1.03 bits per heavy atom. The van der Waals surface area contributed by atoms with Crippen molar-refractivity contribution in [2.45, 2.75) is 71.3 Å². The monoisotopic (exact) mass is 408 g/mol. The second-order valence-electron chi connectivity index (χ2n) is 10.5. The molecule has 3 fully saturated rings. The predicted molar refractivity (Wildman–Crippen MR) is 119 cm³/mol. The van der Waals surface area contributed by atoms with E-state index in [1.807, 2.05) is 0 Å². The smallest absolute Gasteiger partial charge is 0.123 e. The summed E-state index contributed by atoms with van der Waals surface area (Å²) < 4.78 is 13.1. The molecule has 0 aromatic heterocycles. The van der Waals surface area contributed by atoms with Gasteiger partial charge in [0.1, 0.15) is 5.82 Å². The number of aliphatic hydroxyl groups is 1. The van der Waals surface area contributed by atoms with E-state index in [2.05, 4.69) is 30.1 Å². The van der Waals surface area contributed by atoms with Crippen LogP contribution in [0.2, 0.25) is 0 Å². The van der Waals surface area contributed by atoms with Crippen molar-refractivity contribution in [1.29, 1.82) is 0 Å². The zero-order valence-corrected chi connectivity index (χ0v) is 18.1. The lowest BCUT2D eigenvalue weighted by atomic mass is 9.48. The number of hydrogen-bond donors (Lipinski definition) is 1. The third-order valence-corrected chi connectivity index (χ3v) is 9.07. The average molecular weight is 409 g/mol. The zero-order valence-electron chi connectivity index (χ0n) is 18.1. The van der Waals surface area contributed by atoms with Gasteiger partial charge < -0.3 is 5.11 Å². The lowest BCUT2D eigenvalue weighted by molar-refractivity contribution is -0.0209. The number of benzene rings is 1. The first-order chi connectivity index (χ1) is 14.4. The minimum atomic E-state index is -0.229. The van der Waals surface area contributed by atoms with E-state index in [1.165, 1.54) is 42.7 Å². The molecule has 0 aliphatic heterocycles. The van der Waals surface area contributed by atoms with Gasteiger partial charge in [0.15, 0.2) is 0 Å². The van der Waals surface area contributed by atoms with Crippen molar-refractivity contribution in [2.24, 2.45) is 38.8 Å². The Bertz CT molecular complexity index is 904. The molecule has 1 aromatic carbocycles. The fraction of sp³-hybridized carbons (Fsp3) is 0.615. The van der Waals surface area contributed by atoms with E-state index < -0.39 is 0 Å². The number of aliphatic hydroxyl groups excluding tert-OH is 1. The highest BCUT2D eigenvalue weighted by molar-refractivity contribution is 5.93. The molecular formula is C26H33FN2O. The predicted octanol–water partition coefficient (Wildman–Crippen LogP) is 5.92. The highest BCUT2D eigenvalue weighted by atomic mass is 19.1. The van der Waals surface area contributed by atoms with E-state index in [1.54, 1.807) is 18.3 Å². The van der Waals surface area contributed by atoms with Crippen LogP contribution in [0, 0.1) is 34.4 Å². The molecule has 0 spiro atoms. The molecule has 4 aliphatic rings. The number of rotatable bonds is 2. The molecule has 1 aromatic rings. The Morgan fingerprint density at radius 3 is 2.57 bits per heavy atom. The molecule has 0 bridgehead atoms. The third-order valence-electron chi connectivity index (χ3n) is 9.07. The summed E-state index contributed by atoms with van der Waals surface area (Å²) in [6.07, 6.45) is 12.9. The summed E-state index contributed by atoms with van der Waals surface area (Å²) in [4.78, 5) is 0. The third kappa shape index (κ3) is 3.19. The van der Waals surface area contributed by atoms with Crippen LogP contribution in [0.3, 0.4) is 0 Å². The minimum absolute atomic E-state index is 0.140. The minimum Gasteiger partial charge on any atom is -0.393 e. The molecule has 4 heteroatoms. The lowest BCUT2D eigenvalue weighted by Gasteiger charge is -2.57. The van der Waals surface area contributed by atoms with Crippen molar-refractivity contribution in [2.75, 3.05) is 0 Å². The maximum Gasteiger partial charge on any atom is 0.123 e. The Labute approximate surface area is 179 Å². The van der Waals surface area contributed by atoms with Crippen LogP contribution in [0.25, 0.3) is 0 Å². The molecule has 0 amide bonds. The Kier molecular flexibility index (Phi) is 4.96. The quantitative estimate of drug-likeness (QED) is 0.368. The Balaban J connectivity index is 1.37. The summed E-state index contributed by atoms with van der Waals surface area (Å²) in [7, 11) is 0. The molecule has 3 nitrogen and oxygen atoms in total. The number of halogens is 1. The van der Waals surface area contributed by atoms with Crippen LogP contribution >= 0.6 is 0 Å². The molecule has 6 unspecified atom stereocenters. The lowest BCUT2D eigenvalue weighted by Crippen LogP contribution is -2.50. The van der Waals surface area contributed by atoms with E-state index in [-0.39, 0.29) is 22.8 Å². The second kappa shape index (κ2) is 7.40. The van der Waals surface area contributed by atoms with Gasteiger partial charge in [0, 0.05) is 11.1 Å². The van der Waals surface area contributed by atoms with Gasteiger partial charge in [0.2, 0.25) is 0 Å². The molecule has 0 saturated heterocycles. The summed E-state index contributed by atoms with van der Waals surface area (Å²) in [5, 5.41) is 19.2. The summed E-state index contributed by atoms with van der Waals surface area (Å²) in [6.45, 7) is 4.89. The number of fused-ring (bicyclic) bond motifs is 5. The van der Waals surface area contributed by atoms with Crippen LogP contribution < -0.4 is 0 Å². The average Bonchev–Trinajstić information content (AvgIpc) is 3.06. The molecule has 5 rings (SSSR count). The van der Waals surface area contributed by atoms with Gasteiger partial charge in [-0.15, -0.1) is 0 Å². The molecular weight excluding hydrogens is 375 g/mol. The first-order valence-electron chi connectivity index (χ1n) is 11.6. The van der Waals surface area contributed by atoms with Gasteiger partial charge in [-0.25, -0.2) is 4.39 Å². The zero-order chi connectivity index (χ0) is 20.9. The van der Waals surface area contributed by atoms with Crippen LogP contribution in [0.4, 0.5) is 4.39 Å². The molecule has 1 N–H and O–H groups in total. The first kappa shape index (κ1) is 20.1. The van der Waals surface area contributed by atoms with Crippen LogP contribution in [-0.2, 0) is 0 Å². The largest absolute Gasteiger partial charge is 0.393 e. The van der Waals surface area contributed by atoms with Crippen LogP contribution in [0.1, 0.15) is 70.8 Å². The van der Waals surface area contributed by atoms with E-state index >= 15 is 0 Å². The van der Waals surface area contributed by atoms with Crippen molar-refractivity contribution in [3.8, 4) is 0 Å². The van der Waals surface area contributed by atoms with Crippen molar-refractivity contribution in [1.82, 2.24) is 0 Å². The van der Waals surface area contributed by atoms with Crippen molar-refractivity contribution >= 4 is 11.9 Å². The van der Waals surface area contributed by atoms with E-state index in [4.69, 9.17) is 0 Å². The van der Waals surface area contributed by atoms with Gasteiger partial charge in [-0.3, -0.25) is 0 Å². The van der Waals surface area contributed by atoms with Crippen LogP contribution in [0.5, 0.6) is 0 Å². The van der Waals surface area contributed by atoms with Gasteiger partial charge in [-0.05, 0) is 92.2 Å². The first-order valence-corrected chi connectivity index (χ1v) is 11.6. The Hall–Kier alpha value is -1.81. The maximum atomic E-state index is 13.1. The van der Waals surface area contributed by atoms with E-state index in [0.29, 0.717) is 5.92 Å².